The van der Waals surface area contributed by atoms with Crippen LogP contribution in [0.25, 0.3) is 0 Å². The molecule has 2 aromatic rings. The number of halogens is 1. The summed E-state index contributed by atoms with van der Waals surface area (Å²) in [5.74, 6) is -0.138. The van der Waals surface area contributed by atoms with Crippen molar-refractivity contribution in [3.8, 4) is 0 Å². The molecule has 0 radical (unpaired) electrons. The van der Waals surface area contributed by atoms with Crippen LogP contribution in [0.5, 0.6) is 0 Å². The number of aryl methyl sites for hydroxylation is 1. The lowest BCUT2D eigenvalue weighted by atomic mass is 9.98. The maximum absolute atomic E-state index is 13.6. The lowest BCUT2D eigenvalue weighted by Gasteiger charge is -2.17. The van der Waals surface area contributed by atoms with Gasteiger partial charge in [-0.15, -0.1) is 0 Å². The van der Waals surface area contributed by atoms with Crippen molar-refractivity contribution in [2.24, 2.45) is 0 Å². The average Bonchev–Trinajstić information content (AvgIpc) is 2.40. The van der Waals surface area contributed by atoms with E-state index >= 15 is 0 Å². The van der Waals surface area contributed by atoms with Crippen LogP contribution in [0.4, 0.5) is 4.39 Å². The van der Waals surface area contributed by atoms with Crippen LogP contribution in [0.1, 0.15) is 22.7 Å². The third-order valence-corrected chi connectivity index (χ3v) is 3.23. The molecule has 0 aliphatic rings. The maximum Gasteiger partial charge on any atom is 0.126 e. The highest BCUT2D eigenvalue weighted by atomic mass is 19.1. The first-order valence-electron chi connectivity index (χ1n) is 6.18. The Morgan fingerprint density at radius 1 is 1.11 bits per heavy atom. The summed E-state index contributed by atoms with van der Waals surface area (Å²) in [7, 11) is 1.91. The molecule has 0 saturated heterocycles. The lowest BCUT2D eigenvalue weighted by Crippen LogP contribution is -2.19. The summed E-state index contributed by atoms with van der Waals surface area (Å²) < 4.78 is 13.6. The molecular formula is C16H18FN. The van der Waals surface area contributed by atoms with E-state index in [1.54, 1.807) is 13.0 Å². The summed E-state index contributed by atoms with van der Waals surface area (Å²) in [5.41, 5.74) is 2.93. The monoisotopic (exact) mass is 243 g/mol. The molecule has 18 heavy (non-hydrogen) atoms. The summed E-state index contributed by atoms with van der Waals surface area (Å²) in [6.07, 6.45) is 0.861. The van der Waals surface area contributed by atoms with E-state index in [4.69, 9.17) is 0 Å². The van der Waals surface area contributed by atoms with Gasteiger partial charge in [0.2, 0.25) is 0 Å². The van der Waals surface area contributed by atoms with E-state index in [2.05, 4.69) is 17.4 Å². The standard InChI is InChI=1S/C16H18FN/c1-12-8-9-14(11-15(12)17)16(18-2)10-13-6-4-3-5-7-13/h3-9,11,16,18H,10H2,1-2H3. The molecule has 0 fully saturated rings. The zero-order valence-corrected chi connectivity index (χ0v) is 10.8. The van der Waals surface area contributed by atoms with Crippen LogP contribution in [0.2, 0.25) is 0 Å². The highest BCUT2D eigenvalue weighted by Gasteiger charge is 2.11. The molecule has 0 aliphatic heterocycles. The van der Waals surface area contributed by atoms with Crippen LogP contribution in [0.3, 0.4) is 0 Å². The van der Waals surface area contributed by atoms with Gasteiger partial charge in [-0.1, -0.05) is 42.5 Å². The molecule has 1 unspecified atom stereocenters. The van der Waals surface area contributed by atoms with Gasteiger partial charge in [0, 0.05) is 6.04 Å². The fraction of sp³-hybridized carbons (Fsp3) is 0.250. The predicted molar refractivity (Wildman–Crippen MR) is 73.1 cm³/mol. The third-order valence-electron chi connectivity index (χ3n) is 3.23. The van der Waals surface area contributed by atoms with Crippen molar-refractivity contribution in [1.82, 2.24) is 5.32 Å². The normalized spacial score (nSPS) is 12.4. The molecule has 2 heteroatoms. The zero-order chi connectivity index (χ0) is 13.0. The Morgan fingerprint density at radius 2 is 1.83 bits per heavy atom. The fourth-order valence-corrected chi connectivity index (χ4v) is 2.06. The smallest absolute Gasteiger partial charge is 0.126 e. The average molecular weight is 243 g/mol. The van der Waals surface area contributed by atoms with Gasteiger partial charge in [0.1, 0.15) is 5.82 Å². The van der Waals surface area contributed by atoms with E-state index in [0.29, 0.717) is 5.56 Å². The summed E-state index contributed by atoms with van der Waals surface area (Å²) in [6.45, 7) is 1.78. The second kappa shape index (κ2) is 5.78. The second-order valence-corrected chi connectivity index (χ2v) is 4.54. The second-order valence-electron chi connectivity index (χ2n) is 4.54. The van der Waals surface area contributed by atoms with Crippen molar-refractivity contribution < 1.29 is 4.39 Å². The molecule has 1 nitrogen and oxygen atoms in total. The van der Waals surface area contributed by atoms with Crippen LogP contribution in [-0.4, -0.2) is 7.05 Å². The number of nitrogens with one attached hydrogen (secondary N) is 1. The number of hydrogen-bond acceptors (Lipinski definition) is 1. The van der Waals surface area contributed by atoms with Crippen molar-refractivity contribution in [3.05, 3.63) is 71.0 Å². The molecule has 2 aromatic carbocycles. The van der Waals surface area contributed by atoms with Gasteiger partial charge in [0.25, 0.3) is 0 Å². The first-order valence-corrected chi connectivity index (χ1v) is 6.18. The minimum absolute atomic E-state index is 0.138. The summed E-state index contributed by atoms with van der Waals surface area (Å²) in [5, 5.41) is 3.25. The molecule has 1 N–H and O–H groups in total. The van der Waals surface area contributed by atoms with Gasteiger partial charge in [-0.25, -0.2) is 4.39 Å². The molecule has 2 rings (SSSR count). The van der Waals surface area contributed by atoms with Crippen LogP contribution < -0.4 is 5.32 Å². The predicted octanol–water partition coefficient (Wildman–Crippen LogP) is 3.64. The Labute approximate surface area is 108 Å². The van der Waals surface area contributed by atoms with E-state index in [1.165, 1.54) is 5.56 Å². The van der Waals surface area contributed by atoms with Gasteiger partial charge in [0.15, 0.2) is 0 Å². The van der Waals surface area contributed by atoms with Gasteiger partial charge < -0.3 is 5.32 Å². The van der Waals surface area contributed by atoms with Crippen molar-refractivity contribution in [2.75, 3.05) is 7.05 Å². The van der Waals surface area contributed by atoms with Crippen LogP contribution >= 0.6 is 0 Å². The molecule has 0 amide bonds. The van der Waals surface area contributed by atoms with E-state index < -0.39 is 0 Å². The maximum atomic E-state index is 13.6. The molecule has 0 aromatic heterocycles. The van der Waals surface area contributed by atoms with E-state index in [0.717, 1.165) is 12.0 Å². The third kappa shape index (κ3) is 2.96. The highest BCUT2D eigenvalue weighted by molar-refractivity contribution is 5.28. The molecule has 1 atom stereocenters. The minimum atomic E-state index is -0.138. The van der Waals surface area contributed by atoms with Gasteiger partial charge in [-0.05, 0) is 43.1 Å². The Hall–Kier alpha value is -1.67. The van der Waals surface area contributed by atoms with Crippen LogP contribution in [0, 0.1) is 12.7 Å². The van der Waals surface area contributed by atoms with E-state index in [1.807, 2.05) is 37.4 Å². The lowest BCUT2D eigenvalue weighted by molar-refractivity contribution is 0.574. The minimum Gasteiger partial charge on any atom is -0.313 e. The van der Waals surface area contributed by atoms with Crippen LogP contribution in [-0.2, 0) is 6.42 Å². The Kier molecular flexibility index (Phi) is 4.11. The fourth-order valence-electron chi connectivity index (χ4n) is 2.06. The van der Waals surface area contributed by atoms with E-state index in [-0.39, 0.29) is 11.9 Å². The summed E-state index contributed by atoms with van der Waals surface area (Å²) in [4.78, 5) is 0. The van der Waals surface area contributed by atoms with Crippen molar-refractivity contribution in [3.63, 3.8) is 0 Å². The quantitative estimate of drug-likeness (QED) is 0.864. The van der Waals surface area contributed by atoms with Gasteiger partial charge in [0.05, 0.1) is 0 Å². The molecule has 0 heterocycles. The molecular weight excluding hydrogens is 225 g/mol. The molecule has 0 spiro atoms. The van der Waals surface area contributed by atoms with Gasteiger partial charge in [-0.3, -0.25) is 0 Å². The Bertz CT molecular complexity index is 508. The molecule has 94 valence electrons. The molecule has 0 saturated carbocycles. The number of likely N-dealkylation sites (N-methyl/N-ethyl adjacent to an activating group) is 1. The number of rotatable bonds is 4. The first-order chi connectivity index (χ1) is 8.70. The summed E-state index contributed by atoms with van der Waals surface area (Å²) in [6, 6.07) is 15.8. The van der Waals surface area contributed by atoms with Crippen molar-refractivity contribution >= 4 is 0 Å². The van der Waals surface area contributed by atoms with Crippen LogP contribution in [0.15, 0.2) is 48.5 Å². The SMILES string of the molecule is CNC(Cc1ccccc1)c1ccc(C)c(F)c1. The number of benzene rings is 2. The topological polar surface area (TPSA) is 12.0 Å². The molecule has 0 bridgehead atoms. The van der Waals surface area contributed by atoms with Crippen molar-refractivity contribution in [2.45, 2.75) is 19.4 Å². The van der Waals surface area contributed by atoms with E-state index in [9.17, 15) is 4.39 Å². The van der Waals surface area contributed by atoms with Gasteiger partial charge >= 0.3 is 0 Å². The summed E-state index contributed by atoms with van der Waals surface area (Å²) >= 11 is 0. The number of hydrogen-bond donors (Lipinski definition) is 1. The largest absolute Gasteiger partial charge is 0.313 e. The Morgan fingerprint density at radius 3 is 2.44 bits per heavy atom. The Balaban J connectivity index is 2.20. The zero-order valence-electron chi connectivity index (χ0n) is 10.8. The first kappa shape index (κ1) is 12.8. The highest BCUT2D eigenvalue weighted by Crippen LogP contribution is 2.20. The van der Waals surface area contributed by atoms with Crippen molar-refractivity contribution in [1.29, 1.82) is 0 Å². The molecule has 0 aliphatic carbocycles. The van der Waals surface area contributed by atoms with Gasteiger partial charge in [-0.2, -0.15) is 0 Å².